The Balaban J connectivity index is 1.37. The lowest BCUT2D eigenvalue weighted by Gasteiger charge is -2.35. The molecule has 6 nitrogen and oxygen atoms in total. The van der Waals surface area contributed by atoms with Crippen LogP contribution < -0.4 is 10.5 Å². The van der Waals surface area contributed by atoms with Gasteiger partial charge in [-0.3, -0.25) is 9.69 Å². The van der Waals surface area contributed by atoms with Crippen molar-refractivity contribution in [2.45, 2.75) is 13.5 Å². The highest BCUT2D eigenvalue weighted by Crippen LogP contribution is 2.23. The van der Waals surface area contributed by atoms with Gasteiger partial charge in [0.05, 0.1) is 6.54 Å². The fraction of sp³-hybridized carbons (Fsp3) is 0.304. The fourth-order valence-electron chi connectivity index (χ4n) is 3.75. The molecule has 2 aromatic heterocycles. The van der Waals surface area contributed by atoms with Gasteiger partial charge in [0, 0.05) is 50.0 Å². The summed E-state index contributed by atoms with van der Waals surface area (Å²) in [6, 6.07) is 13.9. The van der Waals surface area contributed by atoms with E-state index in [-0.39, 0.29) is 10.6 Å². The Labute approximate surface area is 180 Å². The van der Waals surface area contributed by atoms with E-state index in [4.69, 9.17) is 0 Å². The van der Waals surface area contributed by atoms with E-state index < -0.39 is 0 Å². The molecule has 0 spiro atoms. The molecule has 0 amide bonds. The van der Waals surface area contributed by atoms with Crippen molar-refractivity contribution < 1.29 is 5.11 Å². The van der Waals surface area contributed by atoms with Crippen LogP contribution in [0.25, 0.3) is 6.08 Å². The second kappa shape index (κ2) is 9.28. The van der Waals surface area contributed by atoms with Crippen LogP contribution in [-0.4, -0.2) is 52.3 Å². The largest absolute Gasteiger partial charge is 0.499 e. The Morgan fingerprint density at radius 1 is 1.13 bits per heavy atom. The summed E-state index contributed by atoms with van der Waals surface area (Å²) in [5.41, 5.74) is 2.47. The number of hydrogen-bond donors (Lipinski definition) is 1. The van der Waals surface area contributed by atoms with E-state index in [1.807, 2.05) is 12.1 Å². The van der Waals surface area contributed by atoms with Gasteiger partial charge >= 0.3 is 0 Å². The van der Waals surface area contributed by atoms with Gasteiger partial charge < -0.3 is 14.6 Å². The summed E-state index contributed by atoms with van der Waals surface area (Å²) in [4.78, 5) is 22.7. The number of piperazine rings is 1. The Hall–Kier alpha value is -2.90. The first-order valence-electron chi connectivity index (χ1n) is 10.1. The predicted molar refractivity (Wildman–Crippen MR) is 122 cm³/mol. The van der Waals surface area contributed by atoms with E-state index in [9.17, 15) is 9.90 Å². The lowest BCUT2D eigenvalue weighted by molar-refractivity contribution is 0.278. The van der Waals surface area contributed by atoms with Gasteiger partial charge in [-0.25, -0.2) is 4.98 Å². The second-order valence-electron chi connectivity index (χ2n) is 7.59. The van der Waals surface area contributed by atoms with Crippen LogP contribution in [-0.2, 0) is 6.54 Å². The molecule has 0 radical (unpaired) electrons. The average Bonchev–Trinajstić information content (AvgIpc) is 3.16. The zero-order chi connectivity index (χ0) is 20.9. The molecule has 0 unspecified atom stereocenters. The van der Waals surface area contributed by atoms with Crippen molar-refractivity contribution in [3.8, 4) is 5.06 Å². The highest BCUT2D eigenvalue weighted by Gasteiger charge is 2.21. The van der Waals surface area contributed by atoms with Gasteiger partial charge in [0.2, 0.25) is 0 Å². The molecule has 1 aliphatic heterocycles. The number of nitrogens with zero attached hydrogens (tertiary/aromatic N) is 4. The van der Waals surface area contributed by atoms with Gasteiger partial charge in [-0.2, -0.15) is 0 Å². The van der Waals surface area contributed by atoms with E-state index in [0.717, 1.165) is 37.6 Å². The molecule has 0 aliphatic carbocycles. The highest BCUT2D eigenvalue weighted by atomic mass is 32.1. The molecule has 1 saturated heterocycles. The number of rotatable bonds is 6. The van der Waals surface area contributed by atoms with Gasteiger partial charge in [0.15, 0.2) is 10.9 Å². The molecule has 156 valence electrons. The summed E-state index contributed by atoms with van der Waals surface area (Å²) in [5, 5.41) is 9.79. The van der Waals surface area contributed by atoms with E-state index >= 15 is 0 Å². The summed E-state index contributed by atoms with van der Waals surface area (Å²) >= 11 is 1.29. The standard InChI is InChI=1S/C23H26N4O2S/c1-18(15-19-5-3-2-4-6-19)16-25-11-13-26(14-12-25)22-23(29)27(10-9-24-22)17-20-7-8-21(28)30-20/h2-10,15,28H,11-14,16-17H2,1H3. The molecule has 30 heavy (non-hydrogen) atoms. The third kappa shape index (κ3) is 4.98. The lowest BCUT2D eigenvalue weighted by atomic mass is 10.1. The summed E-state index contributed by atoms with van der Waals surface area (Å²) < 4.78 is 1.66. The minimum absolute atomic E-state index is 0.0843. The van der Waals surface area contributed by atoms with Crippen LogP contribution >= 0.6 is 11.3 Å². The fourth-order valence-corrected chi connectivity index (χ4v) is 4.49. The van der Waals surface area contributed by atoms with Crippen LogP contribution in [0.3, 0.4) is 0 Å². The minimum Gasteiger partial charge on any atom is -0.499 e. The van der Waals surface area contributed by atoms with Crippen molar-refractivity contribution in [1.29, 1.82) is 0 Å². The highest BCUT2D eigenvalue weighted by molar-refractivity contribution is 7.13. The number of hydrogen-bond acceptors (Lipinski definition) is 6. The number of thiophene rings is 1. The number of aromatic hydroxyl groups is 1. The van der Waals surface area contributed by atoms with Gasteiger partial charge in [-0.05, 0) is 24.6 Å². The maximum Gasteiger partial charge on any atom is 0.293 e. The first-order valence-corrected chi connectivity index (χ1v) is 10.9. The molecule has 1 aromatic carbocycles. The zero-order valence-corrected chi connectivity index (χ0v) is 17.9. The van der Waals surface area contributed by atoms with Crippen LogP contribution in [0, 0.1) is 0 Å². The molecular formula is C23H26N4O2S. The van der Waals surface area contributed by atoms with E-state index in [1.54, 1.807) is 23.0 Å². The normalized spacial score (nSPS) is 15.5. The molecule has 1 N–H and O–H groups in total. The molecule has 3 aromatic rings. The van der Waals surface area contributed by atoms with Crippen molar-refractivity contribution in [1.82, 2.24) is 14.5 Å². The maximum atomic E-state index is 12.9. The van der Waals surface area contributed by atoms with Crippen molar-refractivity contribution >= 4 is 23.2 Å². The molecule has 3 heterocycles. The topological polar surface area (TPSA) is 61.6 Å². The molecule has 0 bridgehead atoms. The van der Waals surface area contributed by atoms with E-state index in [2.05, 4.69) is 52.0 Å². The first kappa shape index (κ1) is 20.4. The maximum absolute atomic E-state index is 12.9. The van der Waals surface area contributed by atoms with Gasteiger partial charge in [0.1, 0.15) is 0 Å². The van der Waals surface area contributed by atoms with Gasteiger partial charge in [0.25, 0.3) is 5.56 Å². The Morgan fingerprint density at radius 3 is 2.60 bits per heavy atom. The van der Waals surface area contributed by atoms with Crippen molar-refractivity contribution in [2.75, 3.05) is 37.6 Å². The average molecular weight is 423 g/mol. The van der Waals surface area contributed by atoms with Crippen molar-refractivity contribution in [2.24, 2.45) is 0 Å². The Kier molecular flexibility index (Phi) is 6.30. The van der Waals surface area contributed by atoms with E-state index in [0.29, 0.717) is 12.4 Å². The number of aromatic nitrogens is 2. The first-order chi connectivity index (χ1) is 14.6. The van der Waals surface area contributed by atoms with Crippen LogP contribution in [0.5, 0.6) is 5.06 Å². The van der Waals surface area contributed by atoms with Crippen molar-refractivity contribution in [3.05, 3.63) is 81.2 Å². The predicted octanol–water partition coefficient (Wildman–Crippen LogP) is 3.28. The molecule has 4 rings (SSSR count). The summed E-state index contributed by atoms with van der Waals surface area (Å²) in [6.07, 6.45) is 5.62. The molecule has 1 aliphatic rings. The van der Waals surface area contributed by atoms with Crippen LogP contribution in [0.15, 0.2) is 65.2 Å². The Bertz CT molecular complexity index is 1070. The van der Waals surface area contributed by atoms with Crippen LogP contribution in [0.4, 0.5) is 5.82 Å². The zero-order valence-electron chi connectivity index (χ0n) is 17.1. The lowest BCUT2D eigenvalue weighted by Crippen LogP contribution is -2.49. The second-order valence-corrected chi connectivity index (χ2v) is 8.74. The summed E-state index contributed by atoms with van der Waals surface area (Å²) in [6.45, 7) is 6.90. The third-order valence-electron chi connectivity index (χ3n) is 5.23. The Morgan fingerprint density at radius 2 is 1.90 bits per heavy atom. The smallest absolute Gasteiger partial charge is 0.293 e. The monoisotopic (exact) mass is 422 g/mol. The molecule has 7 heteroatoms. The molecule has 0 atom stereocenters. The van der Waals surface area contributed by atoms with Gasteiger partial charge in [-0.1, -0.05) is 42.0 Å². The van der Waals surface area contributed by atoms with Crippen LogP contribution in [0.2, 0.25) is 0 Å². The molecular weight excluding hydrogens is 396 g/mol. The number of benzene rings is 1. The SMILES string of the molecule is CC(=Cc1ccccc1)CN1CCN(c2nccn(Cc3ccc(O)s3)c2=O)CC1. The molecule has 1 fully saturated rings. The van der Waals surface area contributed by atoms with Crippen molar-refractivity contribution in [3.63, 3.8) is 0 Å². The summed E-state index contributed by atoms with van der Waals surface area (Å²) in [7, 11) is 0. The summed E-state index contributed by atoms with van der Waals surface area (Å²) in [5.74, 6) is 0.509. The quantitative estimate of drug-likeness (QED) is 0.661. The minimum atomic E-state index is -0.0843. The molecule has 0 saturated carbocycles. The van der Waals surface area contributed by atoms with E-state index in [1.165, 1.54) is 22.5 Å². The third-order valence-corrected chi connectivity index (χ3v) is 6.10. The van der Waals surface area contributed by atoms with Gasteiger partial charge in [-0.15, -0.1) is 11.3 Å². The van der Waals surface area contributed by atoms with Crippen LogP contribution in [0.1, 0.15) is 17.4 Å². The number of anilines is 1.